The molecule has 1 aliphatic heterocycles. The van der Waals surface area contributed by atoms with Crippen LogP contribution >= 0.6 is 11.8 Å². The zero-order valence-corrected chi connectivity index (χ0v) is 12.0. The van der Waals surface area contributed by atoms with Gasteiger partial charge in [0.2, 0.25) is 0 Å². The first-order valence-corrected chi connectivity index (χ1v) is 7.78. The van der Waals surface area contributed by atoms with E-state index in [1.54, 1.807) is 24.2 Å². The van der Waals surface area contributed by atoms with Crippen LogP contribution in [0.5, 0.6) is 0 Å². The SMILES string of the molecule is CSc1nccnc1CN(C)C[C@H]1CCCCN1. The van der Waals surface area contributed by atoms with Crippen LogP contribution in [-0.2, 0) is 6.54 Å². The predicted molar refractivity (Wildman–Crippen MR) is 75.8 cm³/mol. The van der Waals surface area contributed by atoms with Gasteiger partial charge in [-0.15, -0.1) is 11.8 Å². The molecular weight excluding hydrogens is 244 g/mol. The number of hydrogen-bond donors (Lipinski definition) is 1. The fourth-order valence-electron chi connectivity index (χ4n) is 2.41. The molecule has 0 aliphatic carbocycles. The zero-order chi connectivity index (χ0) is 12.8. The Morgan fingerprint density at radius 3 is 2.94 bits per heavy atom. The van der Waals surface area contributed by atoms with E-state index in [1.165, 1.54) is 25.8 Å². The molecule has 5 heteroatoms. The van der Waals surface area contributed by atoms with Gasteiger partial charge in [0.15, 0.2) is 0 Å². The van der Waals surface area contributed by atoms with Crippen molar-refractivity contribution in [3.8, 4) is 0 Å². The van der Waals surface area contributed by atoms with Gasteiger partial charge in [-0.05, 0) is 32.7 Å². The van der Waals surface area contributed by atoms with Gasteiger partial charge in [-0.3, -0.25) is 9.88 Å². The smallest absolute Gasteiger partial charge is 0.119 e. The van der Waals surface area contributed by atoms with E-state index in [9.17, 15) is 0 Å². The lowest BCUT2D eigenvalue weighted by Gasteiger charge is -2.28. The van der Waals surface area contributed by atoms with E-state index in [-0.39, 0.29) is 0 Å². The maximum Gasteiger partial charge on any atom is 0.119 e. The number of piperidine rings is 1. The number of aromatic nitrogens is 2. The van der Waals surface area contributed by atoms with Gasteiger partial charge in [0.05, 0.1) is 5.69 Å². The second kappa shape index (κ2) is 7.07. The van der Waals surface area contributed by atoms with E-state index < -0.39 is 0 Å². The molecule has 0 unspecified atom stereocenters. The minimum absolute atomic E-state index is 0.637. The van der Waals surface area contributed by atoms with E-state index in [2.05, 4.69) is 33.5 Å². The summed E-state index contributed by atoms with van der Waals surface area (Å²) in [6.07, 6.45) is 9.56. The summed E-state index contributed by atoms with van der Waals surface area (Å²) in [6.45, 7) is 3.13. The summed E-state index contributed by atoms with van der Waals surface area (Å²) >= 11 is 1.67. The molecule has 100 valence electrons. The Balaban J connectivity index is 1.87. The third-order valence-electron chi connectivity index (χ3n) is 3.29. The van der Waals surface area contributed by atoms with E-state index in [4.69, 9.17) is 0 Å². The van der Waals surface area contributed by atoms with Crippen molar-refractivity contribution in [2.24, 2.45) is 0 Å². The molecule has 1 aromatic heterocycles. The standard InChI is InChI=1S/C13H22N4S/c1-17(9-11-5-3-4-6-14-11)10-12-13(18-2)16-8-7-15-12/h7-8,11,14H,3-6,9-10H2,1-2H3/t11-/m1/s1. The Bertz CT molecular complexity index is 366. The lowest BCUT2D eigenvalue weighted by Crippen LogP contribution is -2.42. The maximum absolute atomic E-state index is 4.44. The molecule has 0 bridgehead atoms. The van der Waals surface area contributed by atoms with Crippen LogP contribution in [-0.4, -0.2) is 47.3 Å². The first kappa shape index (κ1) is 13.8. The predicted octanol–water partition coefficient (Wildman–Crippen LogP) is 1.77. The molecule has 0 radical (unpaired) electrons. The maximum atomic E-state index is 4.44. The summed E-state index contributed by atoms with van der Waals surface area (Å²) < 4.78 is 0. The Morgan fingerprint density at radius 2 is 2.22 bits per heavy atom. The average molecular weight is 266 g/mol. The minimum atomic E-state index is 0.637. The van der Waals surface area contributed by atoms with Crippen LogP contribution in [0.2, 0.25) is 0 Å². The lowest BCUT2D eigenvalue weighted by atomic mass is 10.0. The molecule has 18 heavy (non-hydrogen) atoms. The second-order valence-electron chi connectivity index (χ2n) is 4.86. The Labute approximate surface area is 114 Å². The first-order valence-electron chi connectivity index (χ1n) is 6.55. The topological polar surface area (TPSA) is 41.1 Å². The molecule has 1 aliphatic rings. The monoisotopic (exact) mass is 266 g/mol. The number of hydrogen-bond acceptors (Lipinski definition) is 5. The van der Waals surface area contributed by atoms with Crippen molar-refractivity contribution < 1.29 is 0 Å². The fraction of sp³-hybridized carbons (Fsp3) is 0.692. The molecule has 0 saturated carbocycles. The Kier molecular flexibility index (Phi) is 5.41. The number of rotatable bonds is 5. The van der Waals surface area contributed by atoms with Crippen LogP contribution in [0.15, 0.2) is 17.4 Å². The summed E-state index contributed by atoms with van der Waals surface area (Å²) in [5.41, 5.74) is 1.09. The molecule has 2 heterocycles. The second-order valence-corrected chi connectivity index (χ2v) is 5.65. The molecule has 1 fully saturated rings. The van der Waals surface area contributed by atoms with E-state index >= 15 is 0 Å². The molecule has 1 atom stereocenters. The van der Waals surface area contributed by atoms with Crippen LogP contribution in [0.3, 0.4) is 0 Å². The number of thioether (sulfide) groups is 1. The van der Waals surface area contributed by atoms with Crippen molar-refractivity contribution in [2.45, 2.75) is 36.9 Å². The highest BCUT2D eigenvalue weighted by molar-refractivity contribution is 7.98. The summed E-state index contributed by atoms with van der Waals surface area (Å²) in [5.74, 6) is 0. The van der Waals surface area contributed by atoms with Crippen molar-refractivity contribution in [3.05, 3.63) is 18.1 Å². The zero-order valence-electron chi connectivity index (χ0n) is 11.2. The minimum Gasteiger partial charge on any atom is -0.313 e. The number of nitrogens with zero attached hydrogens (tertiary/aromatic N) is 3. The molecule has 2 rings (SSSR count). The van der Waals surface area contributed by atoms with Crippen molar-refractivity contribution in [2.75, 3.05) is 26.4 Å². The van der Waals surface area contributed by atoms with Crippen LogP contribution in [0, 0.1) is 0 Å². The van der Waals surface area contributed by atoms with Gasteiger partial charge in [-0.1, -0.05) is 6.42 Å². The van der Waals surface area contributed by atoms with Crippen molar-refractivity contribution in [1.29, 1.82) is 0 Å². The molecule has 0 spiro atoms. The summed E-state index contributed by atoms with van der Waals surface area (Å²) in [7, 11) is 2.16. The Hall–Kier alpha value is -0.650. The summed E-state index contributed by atoms with van der Waals surface area (Å²) in [4.78, 5) is 11.1. The molecule has 1 aromatic rings. The van der Waals surface area contributed by atoms with Crippen molar-refractivity contribution >= 4 is 11.8 Å². The van der Waals surface area contributed by atoms with Gasteiger partial charge in [0, 0.05) is 31.5 Å². The highest BCUT2D eigenvalue weighted by Gasteiger charge is 2.15. The van der Waals surface area contributed by atoms with E-state index in [0.29, 0.717) is 6.04 Å². The third-order valence-corrected chi connectivity index (χ3v) is 4.02. The normalized spacial score (nSPS) is 20.3. The Morgan fingerprint density at radius 1 is 1.39 bits per heavy atom. The van der Waals surface area contributed by atoms with Gasteiger partial charge in [-0.25, -0.2) is 4.98 Å². The van der Waals surface area contributed by atoms with Crippen LogP contribution in [0.1, 0.15) is 25.0 Å². The van der Waals surface area contributed by atoms with Gasteiger partial charge >= 0.3 is 0 Å². The van der Waals surface area contributed by atoms with Gasteiger partial charge < -0.3 is 5.32 Å². The van der Waals surface area contributed by atoms with Gasteiger partial charge in [-0.2, -0.15) is 0 Å². The largest absolute Gasteiger partial charge is 0.313 e. The van der Waals surface area contributed by atoms with Crippen LogP contribution in [0.25, 0.3) is 0 Å². The van der Waals surface area contributed by atoms with Gasteiger partial charge in [0.1, 0.15) is 5.03 Å². The third kappa shape index (κ3) is 3.93. The summed E-state index contributed by atoms with van der Waals surface area (Å²) in [5, 5.41) is 4.62. The molecule has 0 aromatic carbocycles. The highest BCUT2D eigenvalue weighted by Crippen LogP contribution is 2.16. The average Bonchev–Trinajstić information content (AvgIpc) is 2.40. The molecule has 1 N–H and O–H groups in total. The molecular formula is C13H22N4S. The van der Waals surface area contributed by atoms with Crippen molar-refractivity contribution in [1.82, 2.24) is 20.2 Å². The number of nitrogens with one attached hydrogen (secondary N) is 1. The molecule has 4 nitrogen and oxygen atoms in total. The van der Waals surface area contributed by atoms with E-state index in [1.807, 2.05) is 0 Å². The molecule has 1 saturated heterocycles. The van der Waals surface area contributed by atoms with Crippen LogP contribution in [0.4, 0.5) is 0 Å². The number of likely N-dealkylation sites (N-methyl/N-ethyl adjacent to an activating group) is 1. The highest BCUT2D eigenvalue weighted by atomic mass is 32.2. The summed E-state index contributed by atoms with van der Waals surface area (Å²) in [6, 6.07) is 0.637. The van der Waals surface area contributed by atoms with Crippen LogP contribution < -0.4 is 5.32 Å². The van der Waals surface area contributed by atoms with Gasteiger partial charge in [0.25, 0.3) is 0 Å². The fourth-order valence-corrected chi connectivity index (χ4v) is 2.93. The first-order chi connectivity index (χ1) is 8.79. The van der Waals surface area contributed by atoms with Crippen molar-refractivity contribution in [3.63, 3.8) is 0 Å². The van der Waals surface area contributed by atoms with E-state index in [0.717, 1.165) is 23.8 Å². The molecule has 0 amide bonds. The quantitative estimate of drug-likeness (QED) is 0.823. The lowest BCUT2D eigenvalue weighted by molar-refractivity contribution is 0.252.